The zero-order valence-corrected chi connectivity index (χ0v) is 10.5. The van der Waals surface area contributed by atoms with Gasteiger partial charge < -0.3 is 10.1 Å². The molecule has 0 spiro atoms. The Morgan fingerprint density at radius 3 is 2.69 bits per heavy atom. The topological polar surface area (TPSA) is 45.0 Å². The lowest BCUT2D eigenvalue weighted by atomic mass is 9.64. The van der Waals surface area contributed by atoms with Crippen molar-refractivity contribution in [2.45, 2.75) is 57.7 Å². The highest BCUT2D eigenvalue weighted by molar-refractivity contribution is 5.06. The maximum Gasteiger partial charge on any atom is 0.0672 e. The van der Waals surface area contributed by atoms with Gasteiger partial charge in [0.25, 0.3) is 0 Å². The normalized spacial score (nSPS) is 41.4. The SMILES string of the molecule is COC1CC(NC2CCCC2C#N)C1(C)C. The summed E-state index contributed by atoms with van der Waals surface area (Å²) in [6.07, 6.45) is 4.86. The van der Waals surface area contributed by atoms with Crippen LogP contribution in [0.3, 0.4) is 0 Å². The van der Waals surface area contributed by atoms with E-state index in [9.17, 15) is 0 Å². The van der Waals surface area contributed by atoms with Gasteiger partial charge in [-0.2, -0.15) is 5.26 Å². The molecule has 0 saturated heterocycles. The van der Waals surface area contributed by atoms with Crippen molar-refractivity contribution in [3.05, 3.63) is 0 Å². The number of hydrogen-bond donors (Lipinski definition) is 1. The number of nitrogens with zero attached hydrogens (tertiary/aromatic N) is 1. The quantitative estimate of drug-likeness (QED) is 0.795. The zero-order valence-electron chi connectivity index (χ0n) is 10.5. The molecule has 0 aromatic carbocycles. The minimum Gasteiger partial charge on any atom is -0.381 e. The van der Waals surface area contributed by atoms with Crippen LogP contribution in [-0.4, -0.2) is 25.3 Å². The Labute approximate surface area is 98.2 Å². The zero-order chi connectivity index (χ0) is 11.8. The first-order chi connectivity index (χ1) is 7.59. The van der Waals surface area contributed by atoms with Gasteiger partial charge in [-0.1, -0.05) is 20.3 Å². The highest BCUT2D eigenvalue weighted by Gasteiger charge is 2.49. The second-order valence-corrected chi connectivity index (χ2v) is 5.77. The van der Waals surface area contributed by atoms with Gasteiger partial charge in [0.05, 0.1) is 18.1 Å². The molecule has 3 nitrogen and oxygen atoms in total. The average Bonchev–Trinajstić information content (AvgIpc) is 2.70. The molecule has 0 heterocycles. The molecule has 2 fully saturated rings. The number of nitrogens with one attached hydrogen (secondary N) is 1. The highest BCUT2D eigenvalue weighted by atomic mass is 16.5. The molecule has 2 rings (SSSR count). The van der Waals surface area contributed by atoms with Crippen LogP contribution in [0.2, 0.25) is 0 Å². The fourth-order valence-electron chi connectivity index (χ4n) is 3.14. The molecule has 0 radical (unpaired) electrons. The van der Waals surface area contributed by atoms with E-state index in [1.807, 2.05) is 0 Å². The molecule has 2 aliphatic rings. The molecule has 16 heavy (non-hydrogen) atoms. The Hall–Kier alpha value is -0.590. The molecule has 3 heteroatoms. The third-order valence-electron chi connectivity index (χ3n) is 4.56. The average molecular weight is 222 g/mol. The first kappa shape index (κ1) is 11.9. The molecule has 0 aromatic heterocycles. The number of hydrogen-bond acceptors (Lipinski definition) is 3. The molecule has 4 atom stereocenters. The minimum absolute atomic E-state index is 0.206. The number of rotatable bonds is 3. The summed E-state index contributed by atoms with van der Waals surface area (Å²) in [6, 6.07) is 3.35. The van der Waals surface area contributed by atoms with Gasteiger partial charge >= 0.3 is 0 Å². The summed E-state index contributed by atoms with van der Waals surface area (Å²) in [5, 5.41) is 12.7. The van der Waals surface area contributed by atoms with Crippen LogP contribution >= 0.6 is 0 Å². The Kier molecular flexibility index (Phi) is 3.23. The third-order valence-corrected chi connectivity index (χ3v) is 4.56. The summed E-state index contributed by atoms with van der Waals surface area (Å²) in [7, 11) is 1.79. The second kappa shape index (κ2) is 4.35. The smallest absolute Gasteiger partial charge is 0.0672 e. The van der Waals surface area contributed by atoms with Crippen LogP contribution in [0.5, 0.6) is 0 Å². The van der Waals surface area contributed by atoms with Gasteiger partial charge in [0.1, 0.15) is 0 Å². The van der Waals surface area contributed by atoms with Crippen molar-refractivity contribution in [1.82, 2.24) is 5.32 Å². The van der Waals surface area contributed by atoms with Crippen molar-refractivity contribution in [2.75, 3.05) is 7.11 Å². The lowest BCUT2D eigenvalue weighted by molar-refractivity contribution is -0.101. The summed E-state index contributed by atoms with van der Waals surface area (Å²) >= 11 is 0. The van der Waals surface area contributed by atoms with E-state index in [2.05, 4.69) is 25.2 Å². The van der Waals surface area contributed by atoms with Crippen LogP contribution in [-0.2, 0) is 4.74 Å². The van der Waals surface area contributed by atoms with Gasteiger partial charge in [0.2, 0.25) is 0 Å². The summed E-state index contributed by atoms with van der Waals surface area (Å²) < 4.78 is 5.44. The van der Waals surface area contributed by atoms with Crippen molar-refractivity contribution in [1.29, 1.82) is 5.26 Å². The third kappa shape index (κ3) is 1.85. The van der Waals surface area contributed by atoms with E-state index >= 15 is 0 Å². The highest BCUT2D eigenvalue weighted by Crippen LogP contribution is 2.43. The molecule has 1 N–H and O–H groups in total. The fraction of sp³-hybridized carbons (Fsp3) is 0.923. The lowest BCUT2D eigenvalue weighted by Gasteiger charge is -2.52. The van der Waals surface area contributed by atoms with Crippen molar-refractivity contribution in [2.24, 2.45) is 11.3 Å². The van der Waals surface area contributed by atoms with Gasteiger partial charge in [-0.05, 0) is 19.3 Å². The number of methoxy groups -OCH3 is 1. The van der Waals surface area contributed by atoms with Crippen molar-refractivity contribution in [3.63, 3.8) is 0 Å². The molecular weight excluding hydrogens is 200 g/mol. The van der Waals surface area contributed by atoms with Gasteiger partial charge in [-0.3, -0.25) is 0 Å². The van der Waals surface area contributed by atoms with Crippen LogP contribution in [0, 0.1) is 22.7 Å². The fourth-order valence-corrected chi connectivity index (χ4v) is 3.14. The standard InChI is InChI=1S/C13H22N2O/c1-13(2)11(7-12(13)16-3)15-10-6-4-5-9(10)8-14/h9-12,15H,4-7H2,1-3H3. The van der Waals surface area contributed by atoms with Gasteiger partial charge in [0.15, 0.2) is 0 Å². The van der Waals surface area contributed by atoms with Gasteiger partial charge in [-0.25, -0.2) is 0 Å². The van der Waals surface area contributed by atoms with Gasteiger partial charge in [0, 0.05) is 24.6 Å². The summed E-state index contributed by atoms with van der Waals surface area (Å²) in [5.41, 5.74) is 0.206. The van der Waals surface area contributed by atoms with Crippen LogP contribution in [0.4, 0.5) is 0 Å². The van der Waals surface area contributed by atoms with E-state index in [1.54, 1.807) is 7.11 Å². The number of nitriles is 1. The van der Waals surface area contributed by atoms with E-state index < -0.39 is 0 Å². The monoisotopic (exact) mass is 222 g/mol. The van der Waals surface area contributed by atoms with Crippen LogP contribution in [0.25, 0.3) is 0 Å². The van der Waals surface area contributed by atoms with Crippen molar-refractivity contribution >= 4 is 0 Å². The second-order valence-electron chi connectivity index (χ2n) is 5.77. The summed E-state index contributed by atoms with van der Waals surface area (Å²) in [6.45, 7) is 4.50. The molecule has 0 amide bonds. The molecule has 0 bridgehead atoms. The van der Waals surface area contributed by atoms with Crippen molar-refractivity contribution < 1.29 is 4.74 Å². The minimum atomic E-state index is 0.206. The molecule has 4 unspecified atom stereocenters. The Morgan fingerprint density at radius 2 is 2.12 bits per heavy atom. The van der Waals surface area contributed by atoms with Gasteiger partial charge in [-0.15, -0.1) is 0 Å². The van der Waals surface area contributed by atoms with E-state index in [-0.39, 0.29) is 11.3 Å². The molecule has 0 aliphatic heterocycles. The lowest BCUT2D eigenvalue weighted by Crippen LogP contribution is -2.62. The maximum absolute atomic E-state index is 9.05. The Morgan fingerprint density at radius 1 is 1.38 bits per heavy atom. The Balaban J connectivity index is 1.90. The number of ether oxygens (including phenoxy) is 1. The van der Waals surface area contributed by atoms with Crippen LogP contribution in [0.1, 0.15) is 39.5 Å². The van der Waals surface area contributed by atoms with Crippen LogP contribution < -0.4 is 5.32 Å². The largest absolute Gasteiger partial charge is 0.381 e. The summed E-state index contributed by atoms with van der Waals surface area (Å²) in [4.78, 5) is 0. The van der Waals surface area contributed by atoms with E-state index in [0.717, 1.165) is 19.3 Å². The first-order valence-electron chi connectivity index (χ1n) is 6.28. The molecule has 90 valence electrons. The molecule has 0 aromatic rings. The molecule has 2 aliphatic carbocycles. The predicted octanol–water partition coefficient (Wildman–Crippen LogP) is 2.08. The summed E-state index contributed by atoms with van der Waals surface area (Å²) in [5.74, 6) is 0.220. The molecular formula is C13H22N2O. The first-order valence-corrected chi connectivity index (χ1v) is 6.28. The van der Waals surface area contributed by atoms with Crippen LogP contribution in [0.15, 0.2) is 0 Å². The van der Waals surface area contributed by atoms with E-state index in [1.165, 1.54) is 6.42 Å². The predicted molar refractivity (Wildman–Crippen MR) is 62.9 cm³/mol. The Bertz CT molecular complexity index is 295. The van der Waals surface area contributed by atoms with E-state index in [4.69, 9.17) is 10.00 Å². The molecule has 2 saturated carbocycles. The maximum atomic E-state index is 9.05. The van der Waals surface area contributed by atoms with Crippen molar-refractivity contribution in [3.8, 4) is 6.07 Å². The van der Waals surface area contributed by atoms with E-state index in [0.29, 0.717) is 18.2 Å².